The zero-order valence-corrected chi connectivity index (χ0v) is 10.7. The lowest BCUT2D eigenvalue weighted by atomic mass is 9.89. The first-order chi connectivity index (χ1) is 8.22. The molecule has 0 aliphatic carbocycles. The summed E-state index contributed by atoms with van der Waals surface area (Å²) in [6.45, 7) is 6.04. The zero-order chi connectivity index (χ0) is 12.1. The van der Waals surface area contributed by atoms with Crippen molar-refractivity contribution < 1.29 is 4.74 Å². The second kappa shape index (κ2) is 5.50. The number of hydrogen-bond acceptors (Lipinski definition) is 1. The Morgan fingerprint density at radius 2 is 2.18 bits per heavy atom. The van der Waals surface area contributed by atoms with Crippen molar-refractivity contribution in [1.29, 1.82) is 0 Å². The molecule has 1 heteroatoms. The van der Waals surface area contributed by atoms with Crippen molar-refractivity contribution in [1.82, 2.24) is 0 Å². The van der Waals surface area contributed by atoms with Crippen LogP contribution < -0.4 is 0 Å². The minimum Gasteiger partial charge on any atom is -0.371 e. The minimum atomic E-state index is 0.0133. The van der Waals surface area contributed by atoms with Crippen LogP contribution in [0.5, 0.6) is 0 Å². The summed E-state index contributed by atoms with van der Waals surface area (Å²) in [5, 5.41) is 0. The first kappa shape index (κ1) is 12.4. The largest absolute Gasteiger partial charge is 0.371 e. The van der Waals surface area contributed by atoms with Crippen molar-refractivity contribution in [3.63, 3.8) is 0 Å². The van der Waals surface area contributed by atoms with Crippen molar-refractivity contribution in [2.45, 2.75) is 50.7 Å². The highest BCUT2D eigenvalue weighted by atomic mass is 16.5. The molecule has 0 bridgehead atoms. The fourth-order valence-corrected chi connectivity index (χ4v) is 2.70. The van der Waals surface area contributed by atoms with E-state index in [0.717, 1.165) is 19.3 Å². The van der Waals surface area contributed by atoms with Crippen LogP contribution in [0.15, 0.2) is 43.0 Å². The fourth-order valence-electron chi connectivity index (χ4n) is 2.70. The van der Waals surface area contributed by atoms with Gasteiger partial charge in [-0.1, -0.05) is 36.4 Å². The lowest BCUT2D eigenvalue weighted by Gasteiger charge is -2.38. The lowest BCUT2D eigenvalue weighted by molar-refractivity contribution is -0.114. The summed E-state index contributed by atoms with van der Waals surface area (Å²) in [7, 11) is 0. The molecule has 0 radical (unpaired) electrons. The van der Waals surface area contributed by atoms with Gasteiger partial charge >= 0.3 is 0 Å². The Balaban J connectivity index is 1.96. The SMILES string of the molecule is C=CC[C@]1(C)CCC[C@@H](Cc2ccccc2)O1. The maximum atomic E-state index is 6.25. The number of benzene rings is 1. The van der Waals surface area contributed by atoms with Crippen LogP contribution in [0.3, 0.4) is 0 Å². The number of rotatable bonds is 4. The number of ether oxygens (including phenoxy) is 1. The third-order valence-corrected chi connectivity index (χ3v) is 3.57. The molecule has 1 saturated heterocycles. The van der Waals surface area contributed by atoms with Crippen LogP contribution in [0.4, 0.5) is 0 Å². The third kappa shape index (κ3) is 3.44. The van der Waals surface area contributed by atoms with Crippen LogP contribution >= 0.6 is 0 Å². The fraction of sp³-hybridized carbons (Fsp3) is 0.500. The standard InChI is InChI=1S/C16H22O/c1-3-11-16(2)12-7-10-15(17-16)13-14-8-5-4-6-9-14/h3-6,8-9,15H,1,7,10-13H2,2H3/t15-,16+/m0/s1. The predicted octanol–water partition coefficient (Wildman–Crippen LogP) is 4.13. The van der Waals surface area contributed by atoms with E-state index < -0.39 is 0 Å². The molecule has 1 aromatic carbocycles. The molecule has 0 N–H and O–H groups in total. The number of hydrogen-bond donors (Lipinski definition) is 0. The highest BCUT2D eigenvalue weighted by Gasteiger charge is 2.31. The maximum Gasteiger partial charge on any atom is 0.0692 e. The Bertz CT molecular complexity index is 357. The monoisotopic (exact) mass is 230 g/mol. The first-order valence-corrected chi connectivity index (χ1v) is 6.54. The maximum absolute atomic E-state index is 6.25. The molecule has 1 aliphatic heterocycles. The van der Waals surface area contributed by atoms with Gasteiger partial charge in [0.25, 0.3) is 0 Å². The minimum absolute atomic E-state index is 0.0133. The molecule has 1 heterocycles. The second-order valence-electron chi connectivity index (χ2n) is 5.26. The molecule has 1 aromatic rings. The van der Waals surface area contributed by atoms with Crippen LogP contribution in [-0.2, 0) is 11.2 Å². The average molecular weight is 230 g/mol. The molecule has 2 rings (SSSR count). The van der Waals surface area contributed by atoms with Gasteiger partial charge in [0.2, 0.25) is 0 Å². The predicted molar refractivity (Wildman–Crippen MR) is 72.1 cm³/mol. The van der Waals surface area contributed by atoms with Gasteiger partial charge in [0.1, 0.15) is 0 Å². The van der Waals surface area contributed by atoms with Crippen molar-refractivity contribution in [2.75, 3.05) is 0 Å². The Morgan fingerprint density at radius 1 is 1.41 bits per heavy atom. The molecule has 0 spiro atoms. The molecule has 0 unspecified atom stereocenters. The van der Waals surface area contributed by atoms with Crippen molar-refractivity contribution in [3.8, 4) is 0 Å². The Kier molecular flexibility index (Phi) is 4.01. The molecule has 17 heavy (non-hydrogen) atoms. The van der Waals surface area contributed by atoms with E-state index >= 15 is 0 Å². The topological polar surface area (TPSA) is 9.23 Å². The Morgan fingerprint density at radius 3 is 2.88 bits per heavy atom. The molecule has 0 amide bonds. The molecular formula is C16H22O. The molecule has 0 aromatic heterocycles. The first-order valence-electron chi connectivity index (χ1n) is 6.54. The van der Waals surface area contributed by atoms with Gasteiger partial charge in [-0.15, -0.1) is 6.58 Å². The van der Waals surface area contributed by atoms with E-state index in [-0.39, 0.29) is 5.60 Å². The van der Waals surface area contributed by atoms with Gasteiger partial charge in [-0.25, -0.2) is 0 Å². The summed E-state index contributed by atoms with van der Waals surface area (Å²) in [6.07, 6.45) is 7.95. The van der Waals surface area contributed by atoms with Crippen molar-refractivity contribution >= 4 is 0 Å². The van der Waals surface area contributed by atoms with Gasteiger partial charge in [-0.2, -0.15) is 0 Å². The van der Waals surface area contributed by atoms with Crippen LogP contribution in [-0.4, -0.2) is 11.7 Å². The molecule has 92 valence electrons. The van der Waals surface area contributed by atoms with Gasteiger partial charge < -0.3 is 4.74 Å². The quantitative estimate of drug-likeness (QED) is 0.707. The van der Waals surface area contributed by atoms with E-state index in [9.17, 15) is 0 Å². The molecule has 1 fully saturated rings. The van der Waals surface area contributed by atoms with Gasteiger partial charge in [0.15, 0.2) is 0 Å². The van der Waals surface area contributed by atoms with E-state index in [1.54, 1.807) is 0 Å². The van der Waals surface area contributed by atoms with E-state index in [0.29, 0.717) is 6.10 Å². The molecule has 1 aliphatic rings. The van der Waals surface area contributed by atoms with Crippen LogP contribution in [0.1, 0.15) is 38.2 Å². The van der Waals surface area contributed by atoms with E-state index in [1.807, 2.05) is 6.08 Å². The normalized spacial score (nSPS) is 28.9. The lowest BCUT2D eigenvalue weighted by Crippen LogP contribution is -2.38. The van der Waals surface area contributed by atoms with Crippen LogP contribution in [0.2, 0.25) is 0 Å². The van der Waals surface area contributed by atoms with Crippen LogP contribution in [0, 0.1) is 0 Å². The zero-order valence-electron chi connectivity index (χ0n) is 10.7. The highest BCUT2D eigenvalue weighted by Crippen LogP contribution is 2.32. The third-order valence-electron chi connectivity index (χ3n) is 3.57. The smallest absolute Gasteiger partial charge is 0.0692 e. The molecule has 2 atom stereocenters. The summed E-state index contributed by atoms with van der Waals surface area (Å²) in [5.74, 6) is 0. The summed E-state index contributed by atoms with van der Waals surface area (Å²) in [6, 6.07) is 10.6. The summed E-state index contributed by atoms with van der Waals surface area (Å²) >= 11 is 0. The van der Waals surface area contributed by atoms with E-state index in [4.69, 9.17) is 4.74 Å². The van der Waals surface area contributed by atoms with Gasteiger partial charge in [0, 0.05) is 0 Å². The Hall–Kier alpha value is -1.08. The van der Waals surface area contributed by atoms with Crippen LogP contribution in [0.25, 0.3) is 0 Å². The van der Waals surface area contributed by atoms with Gasteiger partial charge in [-0.3, -0.25) is 0 Å². The highest BCUT2D eigenvalue weighted by molar-refractivity contribution is 5.15. The molecule has 0 saturated carbocycles. The van der Waals surface area contributed by atoms with Gasteiger partial charge in [0.05, 0.1) is 11.7 Å². The van der Waals surface area contributed by atoms with E-state index in [2.05, 4.69) is 43.8 Å². The summed E-state index contributed by atoms with van der Waals surface area (Å²) in [5.41, 5.74) is 1.39. The van der Waals surface area contributed by atoms with Crippen molar-refractivity contribution in [3.05, 3.63) is 48.6 Å². The Labute approximate surface area is 104 Å². The van der Waals surface area contributed by atoms with E-state index in [1.165, 1.54) is 18.4 Å². The second-order valence-corrected chi connectivity index (χ2v) is 5.26. The summed E-state index contributed by atoms with van der Waals surface area (Å²) < 4.78 is 6.25. The van der Waals surface area contributed by atoms with Gasteiger partial charge in [-0.05, 0) is 44.6 Å². The average Bonchev–Trinajstić information content (AvgIpc) is 2.30. The molecular weight excluding hydrogens is 208 g/mol. The summed E-state index contributed by atoms with van der Waals surface area (Å²) in [4.78, 5) is 0. The molecule has 1 nitrogen and oxygen atoms in total. The van der Waals surface area contributed by atoms with Crippen molar-refractivity contribution in [2.24, 2.45) is 0 Å².